The van der Waals surface area contributed by atoms with Crippen LogP contribution < -0.4 is 10.6 Å². The van der Waals surface area contributed by atoms with Crippen LogP contribution in [0.25, 0.3) is 0 Å². The van der Waals surface area contributed by atoms with Gasteiger partial charge in [0.15, 0.2) is 0 Å². The van der Waals surface area contributed by atoms with Crippen molar-refractivity contribution in [2.45, 2.75) is 91.9 Å². The Morgan fingerprint density at radius 2 is 1.32 bits per heavy atom. The average Bonchev–Trinajstić information content (AvgIpc) is 2.72. The summed E-state index contributed by atoms with van der Waals surface area (Å²) in [7, 11) is -0.257. The first-order valence-electron chi connectivity index (χ1n) is 11.7. The second-order valence-corrected chi connectivity index (χ2v) is 10.4. The zero-order valence-electron chi connectivity index (χ0n) is 18.8. The molecule has 0 aliphatic rings. The Morgan fingerprint density at radius 1 is 0.643 bits per heavy atom. The lowest BCUT2D eigenvalue weighted by Crippen LogP contribution is -2.21. The van der Waals surface area contributed by atoms with E-state index < -0.39 is 0 Å². The minimum atomic E-state index is -0.257. The summed E-state index contributed by atoms with van der Waals surface area (Å²) in [6.07, 6.45) is 14.4. The smallest absolute Gasteiger partial charge is 0.0160 e. The molecule has 0 saturated carbocycles. The quantitative estimate of drug-likeness (QED) is 0.240. The predicted octanol–water partition coefficient (Wildman–Crippen LogP) is 7.69. The molecule has 2 rings (SSSR count). The highest BCUT2D eigenvalue weighted by molar-refractivity contribution is 7.73. The van der Waals surface area contributed by atoms with Gasteiger partial charge >= 0.3 is 0 Å². The lowest BCUT2D eigenvalue weighted by molar-refractivity contribution is 0.705. The molecule has 1 heteroatoms. The minimum absolute atomic E-state index is 0.257. The van der Waals surface area contributed by atoms with Gasteiger partial charge in [-0.15, -0.1) is 0 Å². The van der Waals surface area contributed by atoms with Crippen molar-refractivity contribution >= 4 is 18.5 Å². The summed E-state index contributed by atoms with van der Waals surface area (Å²) in [6.45, 7) is 9.25. The van der Waals surface area contributed by atoms with Crippen LogP contribution in [0.5, 0.6) is 0 Å². The fourth-order valence-electron chi connectivity index (χ4n) is 4.05. The highest BCUT2D eigenvalue weighted by Gasteiger charge is 2.20. The molecule has 0 amide bonds. The van der Waals surface area contributed by atoms with Gasteiger partial charge < -0.3 is 0 Å². The lowest BCUT2D eigenvalue weighted by Gasteiger charge is -2.25. The normalized spacial score (nSPS) is 12.3. The van der Waals surface area contributed by atoms with Gasteiger partial charge in [0.05, 0.1) is 0 Å². The van der Waals surface area contributed by atoms with E-state index >= 15 is 0 Å². The summed E-state index contributed by atoms with van der Waals surface area (Å²) in [6, 6.07) is 16.4. The summed E-state index contributed by atoms with van der Waals surface area (Å²) in [5.41, 5.74) is 4.80. The highest BCUT2D eigenvalue weighted by Crippen LogP contribution is 2.38. The molecule has 1 atom stereocenters. The Balaban J connectivity index is 2.43. The van der Waals surface area contributed by atoms with Crippen molar-refractivity contribution in [2.75, 3.05) is 6.16 Å². The minimum Gasteiger partial charge on any atom is -0.0654 e. The second kappa shape index (κ2) is 13.2. The number of hydrogen-bond acceptors (Lipinski definition) is 0. The van der Waals surface area contributed by atoms with Crippen LogP contribution in [0.1, 0.15) is 88.8 Å². The lowest BCUT2D eigenvalue weighted by atomic mass is 9.98. The van der Waals surface area contributed by atoms with Crippen LogP contribution in [0.3, 0.4) is 0 Å². The molecule has 2 aromatic rings. The maximum absolute atomic E-state index is 2.47. The maximum Gasteiger partial charge on any atom is -0.0160 e. The van der Waals surface area contributed by atoms with Crippen LogP contribution in [0.4, 0.5) is 0 Å². The van der Waals surface area contributed by atoms with Crippen molar-refractivity contribution < 1.29 is 0 Å². The first kappa shape index (κ1) is 23.2. The molecule has 0 saturated heterocycles. The Bertz CT molecular complexity index is 688. The van der Waals surface area contributed by atoms with Gasteiger partial charge in [-0.3, -0.25) is 0 Å². The average molecular weight is 397 g/mol. The van der Waals surface area contributed by atoms with Gasteiger partial charge in [-0.2, -0.15) is 0 Å². The van der Waals surface area contributed by atoms with E-state index in [-0.39, 0.29) is 7.92 Å². The third-order valence-corrected chi connectivity index (χ3v) is 8.61. The third-order valence-electron chi connectivity index (χ3n) is 5.76. The van der Waals surface area contributed by atoms with Crippen LogP contribution in [0.15, 0.2) is 42.5 Å². The summed E-state index contributed by atoms with van der Waals surface area (Å²) < 4.78 is 0. The first-order valence-corrected chi connectivity index (χ1v) is 13.2. The molecule has 0 radical (unpaired) electrons. The monoisotopic (exact) mass is 396 g/mol. The van der Waals surface area contributed by atoms with Gasteiger partial charge in [0.2, 0.25) is 0 Å². The first-order chi connectivity index (χ1) is 13.7. The number of aryl methyl sites for hydroxylation is 2. The van der Waals surface area contributed by atoms with E-state index in [1.807, 2.05) is 0 Å². The molecule has 0 N–H and O–H groups in total. The van der Waals surface area contributed by atoms with Crippen LogP contribution in [0.2, 0.25) is 0 Å². The molecule has 2 aromatic carbocycles. The molecule has 1 unspecified atom stereocenters. The van der Waals surface area contributed by atoms with E-state index in [9.17, 15) is 0 Å². The summed E-state index contributed by atoms with van der Waals surface area (Å²) >= 11 is 0. The van der Waals surface area contributed by atoms with Crippen molar-refractivity contribution in [1.82, 2.24) is 0 Å². The molecule has 0 nitrogen and oxygen atoms in total. The Kier molecular flexibility index (Phi) is 10.9. The van der Waals surface area contributed by atoms with E-state index in [2.05, 4.69) is 70.2 Å². The maximum atomic E-state index is 2.47. The molecule has 0 heterocycles. The molecule has 0 aliphatic heterocycles. The number of hydrogen-bond donors (Lipinski definition) is 0. The standard InChI is InChI=1S/C27H41P/c1-5-8-11-14-22-28(26-20-13-12-16-23(26)4)27-21-15-18-24(17-9-6-2)25(27)19-10-7-3/h12-13,15-16,18,20-21H,5-11,14,17,19,22H2,1-4H3. The molecule has 0 aliphatic carbocycles. The van der Waals surface area contributed by atoms with Gasteiger partial charge in [0, 0.05) is 0 Å². The SMILES string of the molecule is CCCCCCP(c1ccccc1C)c1cccc(CCCC)c1CCCC. The molecule has 0 spiro atoms. The van der Waals surface area contributed by atoms with Crippen LogP contribution in [-0.2, 0) is 12.8 Å². The van der Waals surface area contributed by atoms with Crippen molar-refractivity contribution in [1.29, 1.82) is 0 Å². The van der Waals surface area contributed by atoms with Crippen molar-refractivity contribution in [2.24, 2.45) is 0 Å². The van der Waals surface area contributed by atoms with Crippen LogP contribution in [-0.4, -0.2) is 6.16 Å². The molecule has 154 valence electrons. The molecular weight excluding hydrogens is 355 g/mol. The number of unbranched alkanes of at least 4 members (excludes halogenated alkanes) is 5. The van der Waals surface area contributed by atoms with Gasteiger partial charge in [0.25, 0.3) is 0 Å². The molecular formula is C27H41P. The Morgan fingerprint density at radius 3 is 2.04 bits per heavy atom. The zero-order chi connectivity index (χ0) is 20.2. The van der Waals surface area contributed by atoms with Crippen molar-refractivity contribution in [3.63, 3.8) is 0 Å². The van der Waals surface area contributed by atoms with Gasteiger partial charge in [-0.1, -0.05) is 95.3 Å². The van der Waals surface area contributed by atoms with Crippen LogP contribution in [0, 0.1) is 6.92 Å². The number of rotatable bonds is 13. The Labute approximate surface area is 175 Å². The van der Waals surface area contributed by atoms with Gasteiger partial charge in [-0.25, -0.2) is 0 Å². The van der Waals surface area contributed by atoms with Crippen LogP contribution >= 0.6 is 7.92 Å². The summed E-state index contributed by atoms with van der Waals surface area (Å²) in [4.78, 5) is 0. The molecule has 0 bridgehead atoms. The van der Waals surface area contributed by atoms with E-state index in [4.69, 9.17) is 0 Å². The highest BCUT2D eigenvalue weighted by atomic mass is 31.1. The molecule has 0 aromatic heterocycles. The summed E-state index contributed by atoms with van der Waals surface area (Å²) in [5, 5.41) is 3.29. The van der Waals surface area contributed by atoms with E-state index in [0.717, 1.165) is 0 Å². The summed E-state index contributed by atoms with van der Waals surface area (Å²) in [5.74, 6) is 0. The largest absolute Gasteiger partial charge is 0.0654 e. The predicted molar refractivity (Wildman–Crippen MR) is 130 cm³/mol. The topological polar surface area (TPSA) is 0 Å². The molecule has 28 heavy (non-hydrogen) atoms. The zero-order valence-corrected chi connectivity index (χ0v) is 19.7. The fraction of sp³-hybridized carbons (Fsp3) is 0.556. The molecule has 0 fully saturated rings. The van der Waals surface area contributed by atoms with E-state index in [1.54, 1.807) is 21.7 Å². The third kappa shape index (κ3) is 6.73. The second-order valence-electron chi connectivity index (χ2n) is 8.12. The van der Waals surface area contributed by atoms with Crippen molar-refractivity contribution in [3.8, 4) is 0 Å². The van der Waals surface area contributed by atoms with Gasteiger partial charge in [-0.05, 0) is 80.4 Å². The fourth-order valence-corrected chi connectivity index (χ4v) is 6.95. The number of benzene rings is 2. The van der Waals surface area contributed by atoms with E-state index in [1.165, 1.54) is 75.9 Å². The van der Waals surface area contributed by atoms with E-state index in [0.29, 0.717) is 0 Å². The van der Waals surface area contributed by atoms with Crippen molar-refractivity contribution in [3.05, 3.63) is 59.2 Å². The Hall–Kier alpha value is -1.13. The van der Waals surface area contributed by atoms with Gasteiger partial charge in [0.1, 0.15) is 0 Å².